The predicted molar refractivity (Wildman–Crippen MR) is 57.0 cm³/mol. The fraction of sp³-hybridized carbons (Fsp3) is 0.300. The highest BCUT2D eigenvalue weighted by atomic mass is 35.5. The molecular formula is C10H11ClN2O. The molecule has 0 unspecified atom stereocenters. The van der Waals surface area contributed by atoms with Gasteiger partial charge in [0.2, 0.25) is 0 Å². The van der Waals surface area contributed by atoms with E-state index in [-0.39, 0.29) is 5.91 Å². The summed E-state index contributed by atoms with van der Waals surface area (Å²) < 4.78 is 0. The number of benzene rings is 1. The summed E-state index contributed by atoms with van der Waals surface area (Å²) >= 11 is 5.98. The van der Waals surface area contributed by atoms with Crippen molar-refractivity contribution in [2.45, 2.75) is 6.92 Å². The molecule has 74 valence electrons. The Kier molecular flexibility index (Phi) is 2.33. The molecule has 2 rings (SSSR count). The Morgan fingerprint density at radius 2 is 2.00 bits per heavy atom. The van der Waals surface area contributed by atoms with Gasteiger partial charge in [-0.15, -0.1) is 0 Å². The van der Waals surface area contributed by atoms with Gasteiger partial charge in [0.25, 0.3) is 5.91 Å². The second kappa shape index (κ2) is 3.50. The first-order valence-corrected chi connectivity index (χ1v) is 4.89. The van der Waals surface area contributed by atoms with E-state index in [0.717, 1.165) is 17.8 Å². The number of carbonyl (C=O) groups excluding carboxylic acids is 1. The van der Waals surface area contributed by atoms with E-state index in [9.17, 15) is 4.79 Å². The van der Waals surface area contributed by atoms with Crippen molar-refractivity contribution in [1.82, 2.24) is 5.32 Å². The lowest BCUT2D eigenvalue weighted by Gasteiger charge is -2.10. The van der Waals surface area contributed by atoms with Gasteiger partial charge in [-0.2, -0.15) is 0 Å². The molecule has 1 heterocycles. The normalized spacial score (nSPS) is 15.1. The van der Waals surface area contributed by atoms with Crippen LogP contribution in [0.3, 0.4) is 0 Å². The van der Waals surface area contributed by atoms with Crippen molar-refractivity contribution in [2.75, 3.05) is 18.4 Å². The molecule has 0 saturated carbocycles. The van der Waals surface area contributed by atoms with E-state index in [1.54, 1.807) is 6.07 Å². The Hall–Kier alpha value is -1.22. The minimum absolute atomic E-state index is 0.0984. The number of hydrogen-bond donors (Lipinski definition) is 2. The zero-order valence-corrected chi connectivity index (χ0v) is 8.61. The predicted octanol–water partition coefficient (Wildman–Crippen LogP) is 1.80. The highest BCUT2D eigenvalue weighted by Crippen LogP contribution is 2.28. The number of anilines is 1. The van der Waals surface area contributed by atoms with Crippen LogP contribution >= 0.6 is 11.6 Å². The van der Waals surface area contributed by atoms with Gasteiger partial charge in [0, 0.05) is 13.1 Å². The Labute approximate surface area is 87.4 Å². The maximum Gasteiger partial charge on any atom is 0.254 e. The first-order chi connectivity index (χ1) is 6.70. The van der Waals surface area contributed by atoms with Crippen LogP contribution in [0.5, 0.6) is 0 Å². The lowest BCUT2D eigenvalue weighted by molar-refractivity contribution is 0.0958. The highest BCUT2D eigenvalue weighted by molar-refractivity contribution is 6.34. The summed E-state index contributed by atoms with van der Waals surface area (Å²) in [4.78, 5) is 11.6. The van der Waals surface area contributed by atoms with E-state index in [0.29, 0.717) is 17.1 Å². The summed E-state index contributed by atoms with van der Waals surface area (Å²) in [6, 6.07) is 3.66. The SMILES string of the molecule is Cc1ccc(Cl)c2c1NCCNC2=O. The second-order valence-electron chi connectivity index (χ2n) is 3.30. The zero-order chi connectivity index (χ0) is 10.1. The molecule has 0 atom stereocenters. The van der Waals surface area contributed by atoms with Gasteiger partial charge in [-0.3, -0.25) is 4.79 Å². The second-order valence-corrected chi connectivity index (χ2v) is 3.70. The number of amides is 1. The van der Waals surface area contributed by atoms with Crippen LogP contribution in [-0.4, -0.2) is 19.0 Å². The van der Waals surface area contributed by atoms with Crippen molar-refractivity contribution < 1.29 is 4.79 Å². The number of fused-ring (bicyclic) bond motifs is 1. The van der Waals surface area contributed by atoms with Crippen molar-refractivity contribution in [1.29, 1.82) is 0 Å². The zero-order valence-electron chi connectivity index (χ0n) is 7.86. The lowest BCUT2D eigenvalue weighted by Crippen LogP contribution is -2.24. The van der Waals surface area contributed by atoms with Gasteiger partial charge < -0.3 is 10.6 Å². The van der Waals surface area contributed by atoms with Crippen LogP contribution in [0.1, 0.15) is 15.9 Å². The van der Waals surface area contributed by atoms with Gasteiger partial charge in [-0.1, -0.05) is 17.7 Å². The van der Waals surface area contributed by atoms with Gasteiger partial charge in [0.1, 0.15) is 0 Å². The third-order valence-electron chi connectivity index (χ3n) is 2.30. The highest BCUT2D eigenvalue weighted by Gasteiger charge is 2.19. The summed E-state index contributed by atoms with van der Waals surface area (Å²) in [5.74, 6) is -0.0984. The van der Waals surface area contributed by atoms with Crippen molar-refractivity contribution in [3.8, 4) is 0 Å². The van der Waals surface area contributed by atoms with E-state index >= 15 is 0 Å². The Morgan fingerprint density at radius 1 is 1.29 bits per heavy atom. The molecule has 1 amide bonds. The van der Waals surface area contributed by atoms with Crippen LogP contribution in [0.25, 0.3) is 0 Å². The number of rotatable bonds is 0. The molecule has 14 heavy (non-hydrogen) atoms. The minimum atomic E-state index is -0.0984. The largest absolute Gasteiger partial charge is 0.382 e. The summed E-state index contributed by atoms with van der Waals surface area (Å²) in [5, 5.41) is 6.48. The third kappa shape index (κ3) is 1.44. The summed E-state index contributed by atoms with van der Waals surface area (Å²) in [6.45, 7) is 3.32. The first kappa shape index (κ1) is 9.34. The molecule has 2 N–H and O–H groups in total. The monoisotopic (exact) mass is 210 g/mol. The van der Waals surface area contributed by atoms with Crippen LogP contribution in [0.4, 0.5) is 5.69 Å². The fourth-order valence-corrected chi connectivity index (χ4v) is 1.83. The van der Waals surface area contributed by atoms with Crippen LogP contribution < -0.4 is 10.6 Å². The minimum Gasteiger partial charge on any atom is -0.382 e. The maximum absolute atomic E-state index is 11.6. The molecule has 4 heteroatoms. The smallest absolute Gasteiger partial charge is 0.254 e. The molecule has 1 aliphatic rings. The molecule has 0 spiro atoms. The van der Waals surface area contributed by atoms with Crippen molar-refractivity contribution in [3.63, 3.8) is 0 Å². The van der Waals surface area contributed by atoms with Crippen LogP contribution in [0.15, 0.2) is 12.1 Å². The summed E-state index contributed by atoms with van der Waals surface area (Å²) in [7, 11) is 0. The van der Waals surface area contributed by atoms with E-state index in [4.69, 9.17) is 11.6 Å². The van der Waals surface area contributed by atoms with Crippen molar-refractivity contribution in [3.05, 3.63) is 28.3 Å². The number of carbonyl (C=O) groups is 1. The summed E-state index contributed by atoms with van der Waals surface area (Å²) in [6.07, 6.45) is 0. The van der Waals surface area contributed by atoms with Gasteiger partial charge >= 0.3 is 0 Å². The topological polar surface area (TPSA) is 41.1 Å². The number of halogens is 1. The molecule has 0 fully saturated rings. The maximum atomic E-state index is 11.6. The first-order valence-electron chi connectivity index (χ1n) is 4.51. The molecule has 0 bridgehead atoms. The Balaban J connectivity index is 2.62. The molecule has 0 radical (unpaired) electrons. The van der Waals surface area contributed by atoms with E-state index in [2.05, 4.69) is 10.6 Å². The van der Waals surface area contributed by atoms with E-state index < -0.39 is 0 Å². The quantitative estimate of drug-likeness (QED) is 0.686. The lowest BCUT2D eigenvalue weighted by atomic mass is 10.1. The Morgan fingerprint density at radius 3 is 2.79 bits per heavy atom. The molecule has 0 aromatic heterocycles. The molecule has 0 saturated heterocycles. The molecule has 1 aromatic rings. The standard InChI is InChI=1S/C10H11ClN2O/c1-6-2-3-7(11)8-9(6)12-4-5-13-10(8)14/h2-3,12H,4-5H2,1H3,(H,13,14). The average Bonchev–Trinajstić information content (AvgIpc) is 2.35. The average molecular weight is 211 g/mol. The van der Waals surface area contributed by atoms with E-state index in [1.807, 2.05) is 13.0 Å². The Bertz CT molecular complexity index is 390. The fourth-order valence-electron chi connectivity index (χ4n) is 1.58. The van der Waals surface area contributed by atoms with Gasteiger partial charge in [0.15, 0.2) is 0 Å². The molecule has 3 nitrogen and oxygen atoms in total. The van der Waals surface area contributed by atoms with E-state index in [1.165, 1.54) is 0 Å². The third-order valence-corrected chi connectivity index (χ3v) is 2.62. The molecule has 1 aliphatic heterocycles. The van der Waals surface area contributed by atoms with Crippen LogP contribution in [0, 0.1) is 6.92 Å². The van der Waals surface area contributed by atoms with Crippen LogP contribution in [0.2, 0.25) is 5.02 Å². The molecule has 1 aromatic carbocycles. The van der Waals surface area contributed by atoms with Crippen molar-refractivity contribution in [2.24, 2.45) is 0 Å². The van der Waals surface area contributed by atoms with Gasteiger partial charge in [0.05, 0.1) is 16.3 Å². The van der Waals surface area contributed by atoms with Gasteiger partial charge in [-0.25, -0.2) is 0 Å². The summed E-state index contributed by atoms with van der Waals surface area (Å²) in [5.41, 5.74) is 2.46. The number of hydrogen-bond acceptors (Lipinski definition) is 2. The van der Waals surface area contributed by atoms with Gasteiger partial charge in [-0.05, 0) is 18.6 Å². The molecular weight excluding hydrogens is 200 g/mol. The number of aryl methyl sites for hydroxylation is 1. The van der Waals surface area contributed by atoms with Crippen LogP contribution in [-0.2, 0) is 0 Å². The molecule has 0 aliphatic carbocycles. The number of nitrogens with one attached hydrogen (secondary N) is 2. The van der Waals surface area contributed by atoms with Crippen molar-refractivity contribution >= 4 is 23.2 Å².